The van der Waals surface area contributed by atoms with E-state index in [1.807, 2.05) is 10.3 Å². The summed E-state index contributed by atoms with van der Waals surface area (Å²) in [6.45, 7) is 1.94. The summed E-state index contributed by atoms with van der Waals surface area (Å²) < 4.78 is 11.1. The highest BCUT2D eigenvalue weighted by Crippen LogP contribution is 2.29. The van der Waals surface area contributed by atoms with Gasteiger partial charge >= 0.3 is 0 Å². The smallest absolute Gasteiger partial charge is 0.255 e. The Morgan fingerprint density at radius 3 is 2.48 bits per heavy atom. The van der Waals surface area contributed by atoms with Crippen molar-refractivity contribution in [2.24, 2.45) is 0 Å². The second kappa shape index (κ2) is 9.61. The molecular weight excluding hydrogens is 414 g/mol. The van der Waals surface area contributed by atoms with Crippen LogP contribution in [0.3, 0.4) is 0 Å². The number of hydrogen-bond acceptors (Lipinski definition) is 6. The molecule has 8 heteroatoms. The van der Waals surface area contributed by atoms with Crippen LogP contribution in [0.15, 0.2) is 53.4 Å². The quantitative estimate of drug-likeness (QED) is 0.599. The molecule has 2 heterocycles. The Labute approximate surface area is 184 Å². The SMILES string of the molecule is COc1cc(C(=O)Nc2ccc(C(=O)N3CCCC3)cc2)ccc1OCc1cscn1. The number of benzene rings is 2. The lowest BCUT2D eigenvalue weighted by Gasteiger charge is -2.15. The Morgan fingerprint density at radius 1 is 1.06 bits per heavy atom. The van der Waals surface area contributed by atoms with Crippen molar-refractivity contribution >= 4 is 28.8 Å². The number of anilines is 1. The van der Waals surface area contributed by atoms with Crippen LogP contribution in [0.1, 0.15) is 39.3 Å². The Hall–Kier alpha value is -3.39. The zero-order chi connectivity index (χ0) is 21.6. The van der Waals surface area contributed by atoms with Gasteiger partial charge in [-0.15, -0.1) is 11.3 Å². The van der Waals surface area contributed by atoms with Gasteiger partial charge in [0.1, 0.15) is 6.61 Å². The van der Waals surface area contributed by atoms with Gasteiger partial charge < -0.3 is 19.7 Å². The zero-order valence-corrected chi connectivity index (χ0v) is 18.0. The Morgan fingerprint density at radius 2 is 1.81 bits per heavy atom. The average Bonchev–Trinajstić information content (AvgIpc) is 3.52. The molecule has 1 aromatic heterocycles. The van der Waals surface area contributed by atoms with E-state index >= 15 is 0 Å². The Balaban J connectivity index is 1.40. The summed E-state index contributed by atoms with van der Waals surface area (Å²) in [6, 6.07) is 12.0. The van der Waals surface area contributed by atoms with E-state index in [4.69, 9.17) is 9.47 Å². The van der Waals surface area contributed by atoms with Crippen LogP contribution in [-0.2, 0) is 6.61 Å². The average molecular weight is 438 g/mol. The van der Waals surface area contributed by atoms with Gasteiger partial charge in [0.25, 0.3) is 11.8 Å². The predicted molar refractivity (Wildman–Crippen MR) is 119 cm³/mol. The molecule has 2 amide bonds. The van der Waals surface area contributed by atoms with Gasteiger partial charge in [-0.3, -0.25) is 9.59 Å². The van der Waals surface area contributed by atoms with Crippen molar-refractivity contribution in [3.8, 4) is 11.5 Å². The topological polar surface area (TPSA) is 80.8 Å². The minimum atomic E-state index is -0.275. The predicted octanol–water partition coefficient (Wildman–Crippen LogP) is 4.22. The maximum atomic E-state index is 12.7. The van der Waals surface area contributed by atoms with E-state index in [1.165, 1.54) is 18.4 Å². The molecule has 0 atom stereocenters. The molecule has 0 aliphatic carbocycles. The fourth-order valence-corrected chi connectivity index (χ4v) is 3.93. The number of ether oxygens (including phenoxy) is 2. The van der Waals surface area contributed by atoms with Crippen LogP contribution in [0.2, 0.25) is 0 Å². The molecule has 3 aromatic rings. The molecule has 2 aromatic carbocycles. The van der Waals surface area contributed by atoms with E-state index in [1.54, 1.807) is 48.0 Å². The van der Waals surface area contributed by atoms with E-state index in [9.17, 15) is 9.59 Å². The zero-order valence-electron chi connectivity index (χ0n) is 17.2. The van der Waals surface area contributed by atoms with Gasteiger partial charge in [0.2, 0.25) is 0 Å². The molecule has 0 radical (unpaired) electrons. The molecule has 7 nitrogen and oxygen atoms in total. The normalized spacial score (nSPS) is 13.1. The van der Waals surface area contributed by atoms with Gasteiger partial charge in [0.05, 0.1) is 18.3 Å². The van der Waals surface area contributed by atoms with Crippen LogP contribution in [0.4, 0.5) is 5.69 Å². The van der Waals surface area contributed by atoms with Gasteiger partial charge in [-0.2, -0.15) is 0 Å². The van der Waals surface area contributed by atoms with Crippen molar-refractivity contribution in [1.29, 1.82) is 0 Å². The highest BCUT2D eigenvalue weighted by atomic mass is 32.1. The molecule has 0 spiro atoms. The van der Waals surface area contributed by atoms with E-state index < -0.39 is 0 Å². The number of thiazole rings is 1. The number of nitrogens with one attached hydrogen (secondary N) is 1. The fraction of sp³-hybridized carbons (Fsp3) is 0.261. The van der Waals surface area contributed by atoms with Crippen LogP contribution in [0.5, 0.6) is 11.5 Å². The molecule has 0 bridgehead atoms. The minimum absolute atomic E-state index is 0.0355. The summed E-state index contributed by atoms with van der Waals surface area (Å²) in [7, 11) is 1.53. The first-order valence-electron chi connectivity index (χ1n) is 10.0. The van der Waals surface area contributed by atoms with Crippen LogP contribution in [0, 0.1) is 0 Å². The van der Waals surface area contributed by atoms with Gasteiger partial charge in [-0.05, 0) is 55.3 Å². The second-order valence-electron chi connectivity index (χ2n) is 7.16. The standard InChI is InChI=1S/C23H23N3O4S/c1-29-21-12-17(6-9-20(21)30-13-19-14-31-15-24-19)22(27)25-18-7-4-16(5-8-18)23(28)26-10-2-3-11-26/h4-9,12,14-15H,2-3,10-11,13H2,1H3,(H,25,27). The number of carbonyl (C=O) groups excluding carboxylic acids is 2. The fourth-order valence-electron chi connectivity index (χ4n) is 3.39. The van der Waals surface area contributed by atoms with Crippen LogP contribution in [0.25, 0.3) is 0 Å². The molecule has 0 unspecified atom stereocenters. The number of amides is 2. The first kappa shape index (κ1) is 20.9. The Bertz CT molecular complexity index is 1050. The summed E-state index contributed by atoms with van der Waals surface area (Å²) in [5, 5.41) is 4.77. The highest BCUT2D eigenvalue weighted by Gasteiger charge is 2.19. The lowest BCUT2D eigenvalue weighted by atomic mass is 10.1. The second-order valence-corrected chi connectivity index (χ2v) is 7.88. The van der Waals surface area contributed by atoms with Crippen LogP contribution >= 0.6 is 11.3 Å². The van der Waals surface area contributed by atoms with Gasteiger partial charge in [0, 0.05) is 35.3 Å². The highest BCUT2D eigenvalue weighted by molar-refractivity contribution is 7.07. The summed E-state index contributed by atoms with van der Waals surface area (Å²) >= 11 is 1.50. The molecule has 31 heavy (non-hydrogen) atoms. The molecule has 1 N–H and O–H groups in total. The number of methoxy groups -OCH3 is 1. The van der Waals surface area contributed by atoms with Crippen molar-refractivity contribution in [2.75, 3.05) is 25.5 Å². The summed E-state index contributed by atoms with van der Waals surface area (Å²) in [6.07, 6.45) is 2.11. The number of rotatable bonds is 7. The number of hydrogen-bond donors (Lipinski definition) is 1. The van der Waals surface area contributed by atoms with E-state index in [0.29, 0.717) is 34.9 Å². The van der Waals surface area contributed by atoms with Gasteiger partial charge in [-0.25, -0.2) is 4.98 Å². The van der Waals surface area contributed by atoms with Crippen molar-refractivity contribution in [3.05, 3.63) is 70.2 Å². The lowest BCUT2D eigenvalue weighted by Crippen LogP contribution is -2.27. The van der Waals surface area contributed by atoms with Crippen LogP contribution < -0.4 is 14.8 Å². The minimum Gasteiger partial charge on any atom is -0.493 e. The monoisotopic (exact) mass is 437 g/mol. The molecule has 1 fully saturated rings. The molecule has 1 saturated heterocycles. The molecule has 160 valence electrons. The van der Waals surface area contributed by atoms with E-state index in [2.05, 4.69) is 10.3 Å². The third-order valence-corrected chi connectivity index (χ3v) is 5.70. The number of aromatic nitrogens is 1. The third kappa shape index (κ3) is 5.03. The van der Waals surface area contributed by atoms with Gasteiger partial charge in [-0.1, -0.05) is 0 Å². The third-order valence-electron chi connectivity index (χ3n) is 5.07. The molecule has 1 aliphatic heterocycles. The van der Waals surface area contributed by atoms with Crippen molar-refractivity contribution in [3.63, 3.8) is 0 Å². The molecule has 1 aliphatic rings. The van der Waals surface area contributed by atoms with Crippen LogP contribution in [-0.4, -0.2) is 41.9 Å². The van der Waals surface area contributed by atoms with Crippen molar-refractivity contribution in [2.45, 2.75) is 19.4 Å². The van der Waals surface area contributed by atoms with Gasteiger partial charge in [0.15, 0.2) is 11.5 Å². The lowest BCUT2D eigenvalue weighted by molar-refractivity contribution is 0.0792. The number of carbonyl (C=O) groups is 2. The summed E-state index contributed by atoms with van der Waals surface area (Å²) in [5.41, 5.74) is 4.27. The molecular formula is C23H23N3O4S. The number of nitrogens with zero attached hydrogens (tertiary/aromatic N) is 2. The largest absolute Gasteiger partial charge is 0.493 e. The van der Waals surface area contributed by atoms with E-state index in [-0.39, 0.29) is 11.8 Å². The van der Waals surface area contributed by atoms with E-state index in [0.717, 1.165) is 31.6 Å². The maximum Gasteiger partial charge on any atom is 0.255 e. The van der Waals surface area contributed by atoms with Crippen molar-refractivity contribution < 1.29 is 19.1 Å². The number of likely N-dealkylation sites (tertiary alicyclic amines) is 1. The molecule has 0 saturated carbocycles. The maximum absolute atomic E-state index is 12.7. The van der Waals surface area contributed by atoms with Crippen molar-refractivity contribution in [1.82, 2.24) is 9.88 Å². The molecule has 4 rings (SSSR count). The first-order chi connectivity index (χ1) is 15.1. The summed E-state index contributed by atoms with van der Waals surface area (Å²) in [4.78, 5) is 31.2. The summed E-state index contributed by atoms with van der Waals surface area (Å²) in [5.74, 6) is 0.766. The first-order valence-corrected chi connectivity index (χ1v) is 11.0. The Kier molecular flexibility index (Phi) is 6.47.